The van der Waals surface area contributed by atoms with Crippen LogP contribution in [0.3, 0.4) is 0 Å². The molecule has 7 nitrogen and oxygen atoms in total. The monoisotopic (exact) mass is 361 g/mol. The first kappa shape index (κ1) is 16.2. The van der Waals surface area contributed by atoms with E-state index >= 15 is 0 Å². The van der Waals surface area contributed by atoms with Crippen molar-refractivity contribution in [1.29, 1.82) is 0 Å². The van der Waals surface area contributed by atoms with Gasteiger partial charge in [0.25, 0.3) is 0 Å². The van der Waals surface area contributed by atoms with Crippen LogP contribution in [0.4, 0.5) is 5.95 Å². The van der Waals surface area contributed by atoms with Crippen LogP contribution in [0.25, 0.3) is 22.4 Å². The largest absolute Gasteiger partial charge is 0.353 e. The average Bonchev–Trinajstić information content (AvgIpc) is 3.44. The first-order chi connectivity index (χ1) is 13.3. The number of imidazole rings is 1. The fourth-order valence-electron chi connectivity index (χ4n) is 4.00. The number of rotatable bonds is 5. The van der Waals surface area contributed by atoms with E-state index in [4.69, 9.17) is 0 Å². The minimum absolute atomic E-state index is 0.688. The minimum Gasteiger partial charge on any atom is -0.353 e. The minimum atomic E-state index is 0.688. The molecule has 0 amide bonds. The molecule has 0 aromatic carbocycles. The Morgan fingerprint density at radius 2 is 1.96 bits per heavy atom. The molecule has 5 rings (SSSR count). The molecular formula is C20H23N7. The molecule has 0 radical (unpaired) electrons. The Labute approximate surface area is 157 Å². The zero-order valence-corrected chi connectivity index (χ0v) is 15.5. The van der Waals surface area contributed by atoms with Crippen LogP contribution >= 0.6 is 0 Å². The van der Waals surface area contributed by atoms with E-state index in [2.05, 4.69) is 49.0 Å². The molecule has 1 saturated carbocycles. The van der Waals surface area contributed by atoms with Crippen LogP contribution in [0.5, 0.6) is 0 Å². The lowest BCUT2D eigenvalue weighted by Crippen LogP contribution is -2.13. The predicted octanol–water partition coefficient (Wildman–Crippen LogP) is 3.60. The number of hydrogen-bond donors (Lipinski definition) is 1. The van der Waals surface area contributed by atoms with E-state index in [0.29, 0.717) is 5.95 Å². The molecule has 0 bridgehead atoms. The SMILES string of the molecule is CCc1cnc2ncc(-c3ccn4nc(NCC5CCCC5)ncc34)cn12. The smallest absolute Gasteiger partial charge is 0.241 e. The highest BCUT2D eigenvalue weighted by atomic mass is 15.3. The second kappa shape index (κ2) is 6.64. The van der Waals surface area contributed by atoms with Crippen molar-refractivity contribution in [3.8, 4) is 11.1 Å². The molecule has 0 atom stereocenters. The zero-order chi connectivity index (χ0) is 18.2. The van der Waals surface area contributed by atoms with Crippen LogP contribution in [-0.4, -0.2) is 35.5 Å². The van der Waals surface area contributed by atoms with Gasteiger partial charge in [-0.15, -0.1) is 5.10 Å². The van der Waals surface area contributed by atoms with Gasteiger partial charge in [-0.2, -0.15) is 0 Å². The van der Waals surface area contributed by atoms with Crippen molar-refractivity contribution in [2.75, 3.05) is 11.9 Å². The maximum absolute atomic E-state index is 4.62. The highest BCUT2D eigenvalue weighted by Gasteiger charge is 2.15. The first-order valence-electron chi connectivity index (χ1n) is 9.72. The fraction of sp³-hybridized carbons (Fsp3) is 0.400. The fourth-order valence-corrected chi connectivity index (χ4v) is 4.00. The van der Waals surface area contributed by atoms with Crippen LogP contribution in [0.15, 0.2) is 37.1 Å². The summed E-state index contributed by atoms with van der Waals surface area (Å²) in [7, 11) is 0. The molecule has 138 valence electrons. The molecule has 4 aromatic rings. The quantitative estimate of drug-likeness (QED) is 0.588. The highest BCUT2D eigenvalue weighted by molar-refractivity contribution is 5.79. The molecule has 4 aromatic heterocycles. The molecule has 4 heterocycles. The summed E-state index contributed by atoms with van der Waals surface area (Å²) >= 11 is 0. The molecular weight excluding hydrogens is 338 g/mol. The second-order valence-corrected chi connectivity index (χ2v) is 7.29. The van der Waals surface area contributed by atoms with Gasteiger partial charge in [-0.3, -0.25) is 4.40 Å². The third-order valence-corrected chi connectivity index (χ3v) is 5.55. The number of aryl methyl sites for hydroxylation is 1. The van der Waals surface area contributed by atoms with Gasteiger partial charge < -0.3 is 5.32 Å². The third-order valence-electron chi connectivity index (χ3n) is 5.55. The van der Waals surface area contributed by atoms with Gasteiger partial charge in [0.2, 0.25) is 11.7 Å². The van der Waals surface area contributed by atoms with E-state index in [0.717, 1.165) is 47.0 Å². The van der Waals surface area contributed by atoms with Crippen LogP contribution in [-0.2, 0) is 6.42 Å². The van der Waals surface area contributed by atoms with Gasteiger partial charge in [0.05, 0.1) is 17.9 Å². The number of nitrogens with zero attached hydrogens (tertiary/aromatic N) is 6. The Hall–Kier alpha value is -2.96. The van der Waals surface area contributed by atoms with E-state index in [1.807, 2.05) is 29.3 Å². The Morgan fingerprint density at radius 3 is 2.81 bits per heavy atom. The van der Waals surface area contributed by atoms with Crippen LogP contribution in [0, 0.1) is 5.92 Å². The first-order valence-corrected chi connectivity index (χ1v) is 9.72. The average molecular weight is 361 g/mol. The van der Waals surface area contributed by atoms with Crippen LogP contribution in [0.2, 0.25) is 0 Å². The van der Waals surface area contributed by atoms with Crippen molar-refractivity contribution < 1.29 is 0 Å². The number of hydrogen-bond acceptors (Lipinski definition) is 5. The molecule has 1 aliphatic carbocycles. The van der Waals surface area contributed by atoms with Crippen LogP contribution < -0.4 is 5.32 Å². The third kappa shape index (κ3) is 2.93. The second-order valence-electron chi connectivity index (χ2n) is 7.29. The summed E-state index contributed by atoms with van der Waals surface area (Å²) in [5.74, 6) is 2.17. The number of fused-ring (bicyclic) bond motifs is 2. The van der Waals surface area contributed by atoms with Gasteiger partial charge in [0, 0.05) is 42.0 Å². The highest BCUT2D eigenvalue weighted by Crippen LogP contribution is 2.26. The van der Waals surface area contributed by atoms with Crippen molar-refractivity contribution >= 4 is 17.2 Å². The lowest BCUT2D eigenvalue weighted by molar-refractivity contribution is 0.576. The molecule has 0 spiro atoms. The molecule has 0 aliphatic heterocycles. The van der Waals surface area contributed by atoms with Crippen molar-refractivity contribution in [3.05, 3.63) is 42.7 Å². The standard InChI is InChI=1S/C20H23N7/c1-2-16-11-24-20-23-10-15(13-26(16)20)17-7-8-27-18(17)12-22-19(25-27)21-9-14-5-3-4-6-14/h7-8,10-14H,2-6,9H2,1H3,(H,21,25). The molecule has 1 fully saturated rings. The van der Waals surface area contributed by atoms with Gasteiger partial charge in [-0.1, -0.05) is 19.8 Å². The lowest BCUT2D eigenvalue weighted by atomic mass is 10.1. The van der Waals surface area contributed by atoms with E-state index in [-0.39, 0.29) is 0 Å². The predicted molar refractivity (Wildman–Crippen MR) is 105 cm³/mol. The van der Waals surface area contributed by atoms with E-state index in [1.54, 1.807) is 0 Å². The van der Waals surface area contributed by atoms with Gasteiger partial charge in [-0.05, 0) is 31.2 Å². The van der Waals surface area contributed by atoms with Gasteiger partial charge in [0.1, 0.15) is 0 Å². The normalized spacial score (nSPS) is 15.1. The van der Waals surface area contributed by atoms with Gasteiger partial charge in [-0.25, -0.2) is 19.5 Å². The zero-order valence-electron chi connectivity index (χ0n) is 15.5. The molecule has 1 N–H and O–H groups in total. The molecule has 1 aliphatic rings. The van der Waals surface area contributed by atoms with Gasteiger partial charge >= 0.3 is 0 Å². The van der Waals surface area contributed by atoms with Crippen molar-refractivity contribution in [2.24, 2.45) is 5.92 Å². The summed E-state index contributed by atoms with van der Waals surface area (Å²) in [4.78, 5) is 13.4. The number of aromatic nitrogens is 6. The van der Waals surface area contributed by atoms with E-state index < -0.39 is 0 Å². The Morgan fingerprint density at radius 1 is 1.11 bits per heavy atom. The summed E-state index contributed by atoms with van der Waals surface area (Å²) in [5, 5.41) is 8.02. The van der Waals surface area contributed by atoms with Crippen LogP contribution in [0.1, 0.15) is 38.3 Å². The summed E-state index contributed by atoms with van der Waals surface area (Å²) in [6.07, 6.45) is 15.9. The number of anilines is 1. The maximum atomic E-state index is 4.62. The summed E-state index contributed by atoms with van der Waals surface area (Å²) < 4.78 is 3.94. The number of nitrogens with one attached hydrogen (secondary N) is 1. The van der Waals surface area contributed by atoms with E-state index in [1.165, 1.54) is 25.7 Å². The Bertz CT molecular complexity index is 1090. The molecule has 0 unspecified atom stereocenters. The molecule has 0 saturated heterocycles. The summed E-state index contributed by atoms with van der Waals surface area (Å²) in [5.41, 5.74) is 4.23. The molecule has 27 heavy (non-hydrogen) atoms. The Kier molecular flexibility index (Phi) is 3.99. The topological polar surface area (TPSA) is 72.4 Å². The van der Waals surface area contributed by atoms with Gasteiger partial charge in [0.15, 0.2) is 0 Å². The van der Waals surface area contributed by atoms with E-state index in [9.17, 15) is 0 Å². The van der Waals surface area contributed by atoms with Crippen molar-refractivity contribution in [3.63, 3.8) is 0 Å². The summed E-state index contributed by atoms with van der Waals surface area (Å²) in [6, 6.07) is 2.07. The lowest BCUT2D eigenvalue weighted by Gasteiger charge is -2.10. The van der Waals surface area contributed by atoms with Crippen molar-refractivity contribution in [1.82, 2.24) is 29.0 Å². The van der Waals surface area contributed by atoms with Crippen molar-refractivity contribution in [2.45, 2.75) is 39.0 Å². The molecule has 7 heteroatoms. The maximum Gasteiger partial charge on any atom is 0.241 e. The summed E-state index contributed by atoms with van der Waals surface area (Å²) in [6.45, 7) is 3.08. The Balaban J connectivity index is 1.45.